The summed E-state index contributed by atoms with van der Waals surface area (Å²) in [4.78, 5) is 0. The van der Waals surface area contributed by atoms with Crippen LogP contribution in [0, 0.1) is 6.92 Å². The highest BCUT2D eigenvalue weighted by molar-refractivity contribution is 5.81. The molecule has 3 rings (SSSR count). The van der Waals surface area contributed by atoms with E-state index in [1.165, 1.54) is 0 Å². The Morgan fingerprint density at radius 2 is 1.17 bits per heavy atom. The smallest absolute Gasteiger partial charge is 0.119 e. The third-order valence-electron chi connectivity index (χ3n) is 4.02. The Morgan fingerprint density at radius 1 is 0.625 bits per heavy atom. The molecule has 0 aliphatic rings. The highest BCUT2D eigenvalue weighted by Gasteiger charge is 2.05. The molecule has 0 unspecified atom stereocenters. The Morgan fingerprint density at radius 3 is 1.75 bits per heavy atom. The zero-order valence-corrected chi connectivity index (χ0v) is 13.7. The molecule has 0 atom stereocenters. The van der Waals surface area contributed by atoms with Gasteiger partial charge in [-0.25, -0.2) is 0 Å². The predicted octanol–water partition coefficient (Wildman–Crippen LogP) is 6.04. The van der Waals surface area contributed by atoms with Gasteiger partial charge in [0, 0.05) is 0 Å². The summed E-state index contributed by atoms with van der Waals surface area (Å²) in [7, 11) is 0. The van der Waals surface area contributed by atoms with Crippen molar-refractivity contribution in [2.45, 2.75) is 6.92 Å². The zero-order chi connectivity index (χ0) is 16.8. The number of hydrogen-bond acceptors (Lipinski definition) is 1. The Hall–Kier alpha value is -3.06. The number of phenolic OH excluding ortho intramolecular Hbond substituents is 1. The van der Waals surface area contributed by atoms with Crippen molar-refractivity contribution in [2.75, 3.05) is 0 Å². The second-order valence-electron chi connectivity index (χ2n) is 5.70. The molecular weight excluding hydrogens is 292 g/mol. The fourth-order valence-electron chi connectivity index (χ4n) is 2.60. The summed E-state index contributed by atoms with van der Waals surface area (Å²) in [5.74, 6) is 0.319. The quantitative estimate of drug-likeness (QED) is 0.582. The number of aromatic hydroxyl groups is 1. The second-order valence-corrected chi connectivity index (χ2v) is 5.70. The molecule has 0 radical (unpaired) electrons. The predicted molar refractivity (Wildman–Crippen MR) is 104 cm³/mol. The van der Waals surface area contributed by atoms with Crippen molar-refractivity contribution in [2.24, 2.45) is 0 Å². The van der Waals surface area contributed by atoms with Crippen molar-refractivity contribution in [3.05, 3.63) is 101 Å². The van der Waals surface area contributed by atoms with Gasteiger partial charge in [0.2, 0.25) is 0 Å². The van der Waals surface area contributed by atoms with Crippen LogP contribution in [0.4, 0.5) is 0 Å². The van der Waals surface area contributed by atoms with Crippen molar-refractivity contribution >= 4 is 24.3 Å². The second kappa shape index (κ2) is 7.47. The van der Waals surface area contributed by atoms with Gasteiger partial charge in [-0.2, -0.15) is 0 Å². The number of benzene rings is 3. The standard InChI is InChI=1S/C23H20O/c1-18-22(16-13-20-10-6-3-7-11-20)21(15-17-23(18)24)14-12-19-8-4-2-5-9-19/h2-17,24H,1H3/b14-12+,16-13+. The molecule has 3 aromatic rings. The third-order valence-corrected chi connectivity index (χ3v) is 4.02. The van der Waals surface area contributed by atoms with Gasteiger partial charge in [0.25, 0.3) is 0 Å². The Bertz CT molecular complexity index is 859. The van der Waals surface area contributed by atoms with E-state index in [1.54, 1.807) is 6.07 Å². The van der Waals surface area contributed by atoms with Gasteiger partial charge in [0.15, 0.2) is 0 Å². The van der Waals surface area contributed by atoms with Crippen LogP contribution in [0.3, 0.4) is 0 Å². The SMILES string of the molecule is Cc1c(O)ccc(/C=C/c2ccccc2)c1/C=C/c1ccccc1. The topological polar surface area (TPSA) is 20.2 Å². The minimum Gasteiger partial charge on any atom is -0.508 e. The van der Waals surface area contributed by atoms with Gasteiger partial charge in [-0.3, -0.25) is 0 Å². The molecule has 0 spiro atoms. The van der Waals surface area contributed by atoms with Crippen LogP contribution in [0.15, 0.2) is 72.8 Å². The minimum absolute atomic E-state index is 0.319. The van der Waals surface area contributed by atoms with Gasteiger partial charge in [-0.05, 0) is 40.8 Å². The summed E-state index contributed by atoms with van der Waals surface area (Å²) in [5.41, 5.74) is 5.30. The molecule has 0 saturated carbocycles. The van der Waals surface area contributed by atoms with E-state index < -0.39 is 0 Å². The molecule has 0 saturated heterocycles. The van der Waals surface area contributed by atoms with Gasteiger partial charge < -0.3 is 5.11 Å². The summed E-state index contributed by atoms with van der Waals surface area (Å²) in [6.45, 7) is 1.94. The van der Waals surface area contributed by atoms with Crippen LogP contribution in [-0.2, 0) is 0 Å². The first-order valence-corrected chi connectivity index (χ1v) is 8.03. The normalized spacial score (nSPS) is 11.4. The van der Waals surface area contributed by atoms with Crippen molar-refractivity contribution < 1.29 is 5.11 Å². The van der Waals surface area contributed by atoms with Gasteiger partial charge in [-0.15, -0.1) is 0 Å². The molecule has 0 fully saturated rings. The van der Waals surface area contributed by atoms with E-state index in [9.17, 15) is 5.11 Å². The van der Waals surface area contributed by atoms with Gasteiger partial charge in [0.1, 0.15) is 5.75 Å². The molecule has 3 aromatic carbocycles. The number of hydrogen-bond donors (Lipinski definition) is 1. The van der Waals surface area contributed by atoms with Crippen LogP contribution in [0.5, 0.6) is 5.75 Å². The minimum atomic E-state index is 0.319. The van der Waals surface area contributed by atoms with E-state index in [4.69, 9.17) is 0 Å². The van der Waals surface area contributed by atoms with Gasteiger partial charge in [0.05, 0.1) is 0 Å². The molecule has 1 heteroatoms. The maximum Gasteiger partial charge on any atom is 0.119 e. The van der Waals surface area contributed by atoms with E-state index >= 15 is 0 Å². The molecule has 0 aliphatic heterocycles. The van der Waals surface area contributed by atoms with E-state index in [2.05, 4.69) is 48.6 Å². The zero-order valence-electron chi connectivity index (χ0n) is 13.7. The average molecular weight is 312 g/mol. The van der Waals surface area contributed by atoms with E-state index in [0.717, 1.165) is 27.8 Å². The lowest BCUT2D eigenvalue weighted by atomic mass is 9.98. The van der Waals surface area contributed by atoms with Crippen LogP contribution in [0.2, 0.25) is 0 Å². The van der Waals surface area contributed by atoms with Crippen LogP contribution in [0.1, 0.15) is 27.8 Å². The lowest BCUT2D eigenvalue weighted by molar-refractivity contribution is 0.471. The van der Waals surface area contributed by atoms with Crippen LogP contribution in [-0.4, -0.2) is 5.11 Å². The molecule has 118 valence electrons. The molecular formula is C23H20O. The highest BCUT2D eigenvalue weighted by atomic mass is 16.3. The van der Waals surface area contributed by atoms with Crippen molar-refractivity contribution in [1.29, 1.82) is 0 Å². The maximum atomic E-state index is 10.0. The summed E-state index contributed by atoms with van der Waals surface area (Å²) >= 11 is 0. The van der Waals surface area contributed by atoms with E-state index in [-0.39, 0.29) is 0 Å². The lowest BCUT2D eigenvalue weighted by Crippen LogP contribution is -1.87. The molecule has 0 aromatic heterocycles. The van der Waals surface area contributed by atoms with Crippen LogP contribution in [0.25, 0.3) is 24.3 Å². The first kappa shape index (κ1) is 15.8. The summed E-state index contributed by atoms with van der Waals surface area (Å²) in [6.07, 6.45) is 8.31. The van der Waals surface area contributed by atoms with Gasteiger partial charge >= 0.3 is 0 Å². The Kier molecular flexibility index (Phi) is 4.93. The molecule has 0 heterocycles. The van der Waals surface area contributed by atoms with Crippen molar-refractivity contribution in [1.82, 2.24) is 0 Å². The van der Waals surface area contributed by atoms with Crippen molar-refractivity contribution in [3.8, 4) is 5.75 Å². The molecule has 0 bridgehead atoms. The largest absolute Gasteiger partial charge is 0.508 e. The fourth-order valence-corrected chi connectivity index (χ4v) is 2.60. The van der Waals surface area contributed by atoms with E-state index in [0.29, 0.717) is 5.75 Å². The molecule has 1 N–H and O–H groups in total. The number of rotatable bonds is 4. The first-order chi connectivity index (χ1) is 11.7. The molecule has 1 nitrogen and oxygen atoms in total. The Balaban J connectivity index is 1.96. The summed E-state index contributed by atoms with van der Waals surface area (Å²) < 4.78 is 0. The molecule has 0 aliphatic carbocycles. The van der Waals surface area contributed by atoms with Crippen LogP contribution < -0.4 is 0 Å². The molecule has 24 heavy (non-hydrogen) atoms. The third kappa shape index (κ3) is 3.82. The van der Waals surface area contributed by atoms with Gasteiger partial charge in [-0.1, -0.05) is 91.0 Å². The first-order valence-electron chi connectivity index (χ1n) is 8.03. The highest BCUT2D eigenvalue weighted by Crippen LogP contribution is 2.27. The Labute approximate surface area is 143 Å². The van der Waals surface area contributed by atoms with E-state index in [1.807, 2.05) is 49.4 Å². The average Bonchev–Trinajstić information content (AvgIpc) is 2.63. The maximum absolute atomic E-state index is 10.0. The van der Waals surface area contributed by atoms with Crippen molar-refractivity contribution in [3.63, 3.8) is 0 Å². The number of phenols is 1. The summed E-state index contributed by atoms with van der Waals surface area (Å²) in [5, 5.41) is 10.0. The van der Waals surface area contributed by atoms with Crippen LogP contribution >= 0.6 is 0 Å². The summed E-state index contributed by atoms with van der Waals surface area (Å²) in [6, 6.07) is 24.1. The molecule has 0 amide bonds. The lowest BCUT2D eigenvalue weighted by Gasteiger charge is -2.08. The fraction of sp³-hybridized carbons (Fsp3) is 0.0435. The monoisotopic (exact) mass is 312 g/mol.